The summed E-state index contributed by atoms with van der Waals surface area (Å²) in [5.41, 5.74) is 0. The molecule has 1 heterocycles. The lowest BCUT2D eigenvalue weighted by Gasteiger charge is -2.47. The fraction of sp³-hybridized carbons (Fsp3) is 1.00. The van der Waals surface area contributed by atoms with E-state index < -0.39 is 0 Å². The molecule has 3 heteroatoms. The molecule has 3 unspecified atom stereocenters. The van der Waals surface area contributed by atoms with Gasteiger partial charge in [-0.2, -0.15) is 0 Å². The van der Waals surface area contributed by atoms with Gasteiger partial charge in [0, 0.05) is 18.6 Å². The first-order chi connectivity index (χ1) is 8.22. The highest BCUT2D eigenvalue weighted by atomic mass is 15.3. The summed E-state index contributed by atoms with van der Waals surface area (Å²) in [6.07, 6.45) is 4.19. The Hall–Kier alpha value is -0.120. The van der Waals surface area contributed by atoms with Crippen LogP contribution in [-0.2, 0) is 0 Å². The summed E-state index contributed by atoms with van der Waals surface area (Å²) >= 11 is 0. The van der Waals surface area contributed by atoms with Crippen molar-refractivity contribution < 1.29 is 0 Å². The number of hydrogen-bond donors (Lipinski definition) is 1. The van der Waals surface area contributed by atoms with Gasteiger partial charge in [-0.25, -0.2) is 0 Å². The van der Waals surface area contributed by atoms with Crippen molar-refractivity contribution in [3.8, 4) is 0 Å². The molecule has 2 aliphatic rings. The van der Waals surface area contributed by atoms with Crippen LogP contribution in [0.25, 0.3) is 0 Å². The SMILES string of the molecule is CCNCC1CCC1N1CCCN(C)CC1C. The number of rotatable bonds is 4. The van der Waals surface area contributed by atoms with E-state index in [4.69, 9.17) is 0 Å². The Bertz CT molecular complexity index is 232. The van der Waals surface area contributed by atoms with E-state index in [2.05, 4.69) is 36.0 Å². The Balaban J connectivity index is 1.87. The van der Waals surface area contributed by atoms with Gasteiger partial charge in [-0.1, -0.05) is 6.92 Å². The van der Waals surface area contributed by atoms with Crippen LogP contribution in [0.1, 0.15) is 33.1 Å². The molecule has 1 aliphatic heterocycles. The van der Waals surface area contributed by atoms with Crippen molar-refractivity contribution in [1.82, 2.24) is 15.1 Å². The zero-order valence-corrected chi connectivity index (χ0v) is 11.8. The Morgan fingerprint density at radius 1 is 1.24 bits per heavy atom. The Morgan fingerprint density at radius 2 is 2.06 bits per heavy atom. The fourth-order valence-corrected chi connectivity index (χ4v) is 3.44. The predicted octanol–water partition coefficient (Wildman–Crippen LogP) is 1.40. The van der Waals surface area contributed by atoms with Gasteiger partial charge in [0.1, 0.15) is 0 Å². The third-order valence-electron chi connectivity index (χ3n) is 4.56. The van der Waals surface area contributed by atoms with Crippen molar-refractivity contribution in [2.45, 2.75) is 45.2 Å². The van der Waals surface area contributed by atoms with Crippen LogP contribution >= 0.6 is 0 Å². The Morgan fingerprint density at radius 3 is 2.71 bits per heavy atom. The van der Waals surface area contributed by atoms with Gasteiger partial charge in [0.2, 0.25) is 0 Å². The molecular weight excluding hydrogens is 210 g/mol. The van der Waals surface area contributed by atoms with Crippen molar-refractivity contribution in [2.75, 3.05) is 39.8 Å². The minimum atomic E-state index is 0.733. The lowest BCUT2D eigenvalue weighted by atomic mass is 9.77. The first-order valence-corrected chi connectivity index (χ1v) is 7.37. The van der Waals surface area contributed by atoms with Gasteiger partial charge >= 0.3 is 0 Å². The van der Waals surface area contributed by atoms with Gasteiger partial charge in [-0.3, -0.25) is 4.90 Å². The largest absolute Gasteiger partial charge is 0.317 e. The van der Waals surface area contributed by atoms with Crippen LogP contribution < -0.4 is 5.32 Å². The van der Waals surface area contributed by atoms with E-state index in [1.165, 1.54) is 45.4 Å². The van der Waals surface area contributed by atoms with E-state index in [0.717, 1.165) is 24.5 Å². The molecule has 1 N–H and O–H groups in total. The molecule has 0 bridgehead atoms. The molecular formula is C14H29N3. The van der Waals surface area contributed by atoms with Crippen molar-refractivity contribution in [2.24, 2.45) is 5.92 Å². The molecule has 2 fully saturated rings. The molecule has 3 atom stereocenters. The minimum absolute atomic E-state index is 0.733. The molecule has 1 saturated heterocycles. The Kier molecular flexibility index (Phi) is 4.83. The third-order valence-corrected chi connectivity index (χ3v) is 4.56. The highest BCUT2D eigenvalue weighted by molar-refractivity contribution is 4.93. The molecule has 0 spiro atoms. The molecule has 0 amide bonds. The van der Waals surface area contributed by atoms with E-state index in [-0.39, 0.29) is 0 Å². The highest BCUT2D eigenvalue weighted by Crippen LogP contribution is 2.33. The van der Waals surface area contributed by atoms with E-state index in [1.807, 2.05) is 0 Å². The van der Waals surface area contributed by atoms with Crippen LogP contribution in [0.4, 0.5) is 0 Å². The lowest BCUT2D eigenvalue weighted by Crippen LogP contribution is -2.54. The molecule has 1 aliphatic carbocycles. The molecule has 100 valence electrons. The second-order valence-electron chi connectivity index (χ2n) is 5.92. The molecule has 0 radical (unpaired) electrons. The second kappa shape index (κ2) is 6.17. The van der Waals surface area contributed by atoms with Crippen LogP contribution in [0.2, 0.25) is 0 Å². The summed E-state index contributed by atoms with van der Waals surface area (Å²) in [4.78, 5) is 5.28. The highest BCUT2D eigenvalue weighted by Gasteiger charge is 2.37. The predicted molar refractivity (Wildman–Crippen MR) is 73.3 cm³/mol. The van der Waals surface area contributed by atoms with Gasteiger partial charge in [0.05, 0.1) is 0 Å². The number of nitrogens with one attached hydrogen (secondary N) is 1. The van der Waals surface area contributed by atoms with Crippen molar-refractivity contribution in [1.29, 1.82) is 0 Å². The van der Waals surface area contributed by atoms with E-state index in [9.17, 15) is 0 Å². The summed E-state index contributed by atoms with van der Waals surface area (Å²) in [6, 6.07) is 1.59. The number of hydrogen-bond acceptors (Lipinski definition) is 3. The van der Waals surface area contributed by atoms with Crippen LogP contribution in [0.3, 0.4) is 0 Å². The first-order valence-electron chi connectivity index (χ1n) is 7.37. The summed E-state index contributed by atoms with van der Waals surface area (Å²) < 4.78 is 0. The zero-order chi connectivity index (χ0) is 12.3. The third kappa shape index (κ3) is 3.21. The van der Waals surface area contributed by atoms with Crippen LogP contribution in [-0.4, -0.2) is 61.7 Å². The zero-order valence-electron chi connectivity index (χ0n) is 11.8. The standard InChI is InChI=1S/C14H29N3/c1-4-15-10-13-6-7-14(13)17-9-5-8-16(3)11-12(17)2/h12-15H,4-11H2,1-3H3. The van der Waals surface area contributed by atoms with Crippen molar-refractivity contribution in [3.63, 3.8) is 0 Å². The first kappa shape index (κ1) is 13.3. The molecule has 0 aromatic heterocycles. The quantitative estimate of drug-likeness (QED) is 0.800. The average Bonchev–Trinajstić information content (AvgIpc) is 2.40. The minimum Gasteiger partial charge on any atom is -0.317 e. The fourth-order valence-electron chi connectivity index (χ4n) is 3.44. The maximum absolute atomic E-state index is 3.52. The monoisotopic (exact) mass is 239 g/mol. The second-order valence-corrected chi connectivity index (χ2v) is 5.92. The van der Waals surface area contributed by atoms with E-state index in [0.29, 0.717) is 0 Å². The molecule has 17 heavy (non-hydrogen) atoms. The maximum atomic E-state index is 3.52. The maximum Gasteiger partial charge on any atom is 0.0197 e. The van der Waals surface area contributed by atoms with Crippen molar-refractivity contribution in [3.05, 3.63) is 0 Å². The van der Waals surface area contributed by atoms with E-state index in [1.54, 1.807) is 0 Å². The van der Waals surface area contributed by atoms with Crippen molar-refractivity contribution >= 4 is 0 Å². The lowest BCUT2D eigenvalue weighted by molar-refractivity contribution is 0.0349. The molecule has 3 nitrogen and oxygen atoms in total. The summed E-state index contributed by atoms with van der Waals surface area (Å²) in [5.74, 6) is 0.904. The van der Waals surface area contributed by atoms with Gasteiger partial charge in [0.25, 0.3) is 0 Å². The van der Waals surface area contributed by atoms with Gasteiger partial charge in [-0.15, -0.1) is 0 Å². The molecule has 1 saturated carbocycles. The Labute approximate surface area is 107 Å². The smallest absolute Gasteiger partial charge is 0.0197 e. The van der Waals surface area contributed by atoms with Gasteiger partial charge < -0.3 is 10.2 Å². The number of likely N-dealkylation sites (N-methyl/N-ethyl adjacent to an activating group) is 1. The summed E-state index contributed by atoms with van der Waals surface area (Å²) in [6.45, 7) is 10.8. The summed E-state index contributed by atoms with van der Waals surface area (Å²) in [7, 11) is 2.26. The van der Waals surface area contributed by atoms with E-state index >= 15 is 0 Å². The normalized spacial score (nSPS) is 36.5. The number of nitrogens with zero attached hydrogens (tertiary/aromatic N) is 2. The van der Waals surface area contributed by atoms with Gasteiger partial charge in [-0.05, 0) is 65.3 Å². The average molecular weight is 239 g/mol. The van der Waals surface area contributed by atoms with Gasteiger partial charge in [0.15, 0.2) is 0 Å². The van der Waals surface area contributed by atoms with Crippen LogP contribution in [0, 0.1) is 5.92 Å². The molecule has 0 aromatic carbocycles. The molecule has 0 aromatic rings. The molecule has 2 rings (SSSR count). The van der Waals surface area contributed by atoms with Crippen LogP contribution in [0.5, 0.6) is 0 Å². The topological polar surface area (TPSA) is 18.5 Å². The van der Waals surface area contributed by atoms with Crippen LogP contribution in [0.15, 0.2) is 0 Å². The summed E-state index contributed by atoms with van der Waals surface area (Å²) in [5, 5.41) is 3.52.